The van der Waals surface area contributed by atoms with Gasteiger partial charge in [0.25, 0.3) is 0 Å². The highest BCUT2D eigenvalue weighted by atomic mass is 79.9. The van der Waals surface area contributed by atoms with Crippen LogP contribution in [0.1, 0.15) is 13.8 Å². The molecule has 0 aliphatic heterocycles. The van der Waals surface area contributed by atoms with Crippen LogP contribution < -0.4 is 0 Å². The van der Waals surface area contributed by atoms with E-state index in [1.165, 1.54) is 11.3 Å². The fraction of sp³-hybridized carbons (Fsp3) is 0.300. The van der Waals surface area contributed by atoms with Crippen molar-refractivity contribution >= 4 is 47.3 Å². The first-order chi connectivity index (χ1) is 7.41. The third kappa shape index (κ3) is 2.01. The average molecular weight is 320 g/mol. The Kier molecular flexibility index (Phi) is 3.07. The number of nitrogens with zero attached hydrogens (tertiary/aromatic N) is 1. The lowest BCUT2D eigenvalue weighted by molar-refractivity contribution is 0.587. The summed E-state index contributed by atoms with van der Waals surface area (Å²) in [6, 6.07) is 5.55. The van der Waals surface area contributed by atoms with Crippen molar-refractivity contribution in [2.75, 3.05) is 0 Å². The molecule has 2 rings (SSSR count). The van der Waals surface area contributed by atoms with E-state index in [0.29, 0.717) is 0 Å². The molecule has 86 valence electrons. The van der Waals surface area contributed by atoms with Gasteiger partial charge in [0.15, 0.2) is 0 Å². The molecule has 0 N–H and O–H groups in total. The highest BCUT2D eigenvalue weighted by molar-refractivity contribution is 9.10. The number of fused-ring (bicyclic) bond motifs is 1. The van der Waals surface area contributed by atoms with Crippen molar-refractivity contribution in [2.24, 2.45) is 0 Å². The van der Waals surface area contributed by atoms with E-state index in [1.807, 2.05) is 18.2 Å². The molecule has 6 heteroatoms. The smallest absolute Gasteiger partial charge is 0.210 e. The lowest BCUT2D eigenvalue weighted by Crippen LogP contribution is -2.13. The molecule has 0 radical (unpaired) electrons. The first-order valence-corrected chi connectivity index (χ1v) is 7.87. The Morgan fingerprint density at radius 1 is 1.38 bits per heavy atom. The van der Waals surface area contributed by atoms with Crippen LogP contribution in [-0.2, 0) is 9.84 Å². The van der Waals surface area contributed by atoms with Crippen molar-refractivity contribution in [3.05, 3.63) is 22.7 Å². The Morgan fingerprint density at radius 3 is 2.69 bits per heavy atom. The summed E-state index contributed by atoms with van der Waals surface area (Å²) < 4.78 is 25.9. The largest absolute Gasteiger partial charge is 0.225 e. The quantitative estimate of drug-likeness (QED) is 0.853. The van der Waals surface area contributed by atoms with Gasteiger partial charge in [-0.25, -0.2) is 13.4 Å². The van der Waals surface area contributed by atoms with Crippen molar-refractivity contribution in [1.82, 2.24) is 4.98 Å². The molecule has 0 spiro atoms. The number of thiazole rings is 1. The maximum absolute atomic E-state index is 11.9. The molecule has 2 aromatic rings. The van der Waals surface area contributed by atoms with Crippen molar-refractivity contribution in [3.8, 4) is 0 Å². The molecule has 0 saturated heterocycles. The molecular formula is C10H10BrNO2S2. The van der Waals surface area contributed by atoms with Gasteiger partial charge in [-0.05, 0) is 32.0 Å². The van der Waals surface area contributed by atoms with E-state index in [1.54, 1.807) is 13.8 Å². The van der Waals surface area contributed by atoms with Gasteiger partial charge < -0.3 is 0 Å². The van der Waals surface area contributed by atoms with Crippen LogP contribution in [0.5, 0.6) is 0 Å². The van der Waals surface area contributed by atoms with Crippen LogP contribution in [0.2, 0.25) is 0 Å². The minimum absolute atomic E-state index is 0.204. The van der Waals surface area contributed by atoms with Crippen LogP contribution >= 0.6 is 27.3 Å². The molecule has 0 unspecified atom stereocenters. The summed E-state index contributed by atoms with van der Waals surface area (Å²) in [6.45, 7) is 3.33. The number of benzene rings is 1. The Bertz CT molecular complexity index is 631. The Morgan fingerprint density at radius 2 is 2.06 bits per heavy atom. The van der Waals surface area contributed by atoms with Gasteiger partial charge in [0, 0.05) is 4.47 Å². The molecule has 1 heterocycles. The van der Waals surface area contributed by atoms with Crippen molar-refractivity contribution < 1.29 is 8.42 Å². The Hall–Kier alpha value is -0.460. The second kappa shape index (κ2) is 4.09. The Balaban J connectivity index is 2.65. The number of aromatic nitrogens is 1. The third-order valence-corrected chi connectivity index (χ3v) is 6.27. The first-order valence-electron chi connectivity index (χ1n) is 4.71. The van der Waals surface area contributed by atoms with Gasteiger partial charge in [-0.3, -0.25) is 0 Å². The summed E-state index contributed by atoms with van der Waals surface area (Å²) in [7, 11) is -3.26. The SMILES string of the molecule is CC(C)S(=O)(=O)c1nc2ccc(Br)cc2s1. The van der Waals surface area contributed by atoms with E-state index in [0.717, 1.165) is 14.7 Å². The van der Waals surface area contributed by atoms with Crippen molar-refractivity contribution in [1.29, 1.82) is 0 Å². The molecule has 0 atom stereocenters. The second-order valence-corrected chi connectivity index (χ2v) is 8.31. The fourth-order valence-corrected chi connectivity index (χ4v) is 4.39. The molecule has 0 aliphatic carbocycles. The number of rotatable bonds is 2. The summed E-state index contributed by atoms with van der Waals surface area (Å²) >= 11 is 4.57. The average Bonchev–Trinajstić information content (AvgIpc) is 2.60. The summed E-state index contributed by atoms with van der Waals surface area (Å²) in [5, 5.41) is -0.434. The predicted octanol–water partition coefficient (Wildman–Crippen LogP) is 3.24. The van der Waals surface area contributed by atoms with Gasteiger partial charge in [-0.1, -0.05) is 15.9 Å². The molecular weight excluding hydrogens is 310 g/mol. The molecule has 0 fully saturated rings. The maximum Gasteiger partial charge on any atom is 0.210 e. The van der Waals surface area contributed by atoms with E-state index >= 15 is 0 Å². The molecule has 1 aromatic heterocycles. The highest BCUT2D eigenvalue weighted by Crippen LogP contribution is 2.29. The van der Waals surface area contributed by atoms with Gasteiger partial charge in [-0.15, -0.1) is 11.3 Å². The van der Waals surface area contributed by atoms with Crippen LogP contribution in [0.3, 0.4) is 0 Å². The van der Waals surface area contributed by atoms with Gasteiger partial charge in [0.05, 0.1) is 15.5 Å². The fourth-order valence-electron chi connectivity index (χ4n) is 1.20. The van der Waals surface area contributed by atoms with Gasteiger partial charge in [0.2, 0.25) is 14.2 Å². The summed E-state index contributed by atoms with van der Waals surface area (Å²) in [4.78, 5) is 4.16. The van der Waals surface area contributed by atoms with Crippen LogP contribution in [0.4, 0.5) is 0 Å². The van der Waals surface area contributed by atoms with Crippen LogP contribution in [-0.4, -0.2) is 18.7 Å². The zero-order chi connectivity index (χ0) is 11.9. The lowest BCUT2D eigenvalue weighted by Gasteiger charge is -2.01. The molecule has 3 nitrogen and oxygen atoms in total. The number of halogens is 1. The van der Waals surface area contributed by atoms with E-state index in [-0.39, 0.29) is 4.34 Å². The summed E-state index contributed by atoms with van der Waals surface area (Å²) in [5.74, 6) is 0. The Labute approximate surface area is 107 Å². The summed E-state index contributed by atoms with van der Waals surface area (Å²) in [6.07, 6.45) is 0. The molecule has 16 heavy (non-hydrogen) atoms. The van der Waals surface area contributed by atoms with Gasteiger partial charge in [0.1, 0.15) is 0 Å². The highest BCUT2D eigenvalue weighted by Gasteiger charge is 2.23. The van der Waals surface area contributed by atoms with Gasteiger partial charge in [-0.2, -0.15) is 0 Å². The number of hydrogen-bond acceptors (Lipinski definition) is 4. The molecule has 0 bridgehead atoms. The van der Waals surface area contributed by atoms with Gasteiger partial charge >= 0.3 is 0 Å². The number of sulfone groups is 1. The maximum atomic E-state index is 11.9. The molecule has 1 aromatic carbocycles. The zero-order valence-corrected chi connectivity index (χ0v) is 12.0. The first kappa shape index (κ1) is 12.0. The monoisotopic (exact) mass is 319 g/mol. The topological polar surface area (TPSA) is 47.0 Å². The van der Waals surface area contributed by atoms with Crippen molar-refractivity contribution in [2.45, 2.75) is 23.4 Å². The third-order valence-electron chi connectivity index (χ3n) is 2.19. The minimum atomic E-state index is -3.26. The molecule has 0 aliphatic rings. The van der Waals surface area contributed by atoms with Crippen LogP contribution in [0.25, 0.3) is 10.2 Å². The lowest BCUT2D eigenvalue weighted by atomic mass is 10.3. The zero-order valence-electron chi connectivity index (χ0n) is 8.77. The van der Waals surface area contributed by atoms with E-state index in [2.05, 4.69) is 20.9 Å². The standard InChI is InChI=1S/C10H10BrNO2S2/c1-6(2)16(13,14)10-12-8-4-3-7(11)5-9(8)15-10/h3-6H,1-2H3. The van der Waals surface area contributed by atoms with Crippen molar-refractivity contribution in [3.63, 3.8) is 0 Å². The van der Waals surface area contributed by atoms with Crippen LogP contribution in [0, 0.1) is 0 Å². The van der Waals surface area contributed by atoms with Crippen LogP contribution in [0.15, 0.2) is 27.0 Å². The predicted molar refractivity (Wildman–Crippen MR) is 69.6 cm³/mol. The molecule has 0 amide bonds. The van der Waals surface area contributed by atoms with E-state index in [9.17, 15) is 8.42 Å². The summed E-state index contributed by atoms with van der Waals surface area (Å²) in [5.41, 5.74) is 0.729. The number of hydrogen-bond donors (Lipinski definition) is 0. The molecule has 0 saturated carbocycles. The minimum Gasteiger partial charge on any atom is -0.225 e. The van der Waals surface area contributed by atoms with E-state index in [4.69, 9.17) is 0 Å². The normalized spacial score (nSPS) is 12.5. The van der Waals surface area contributed by atoms with E-state index < -0.39 is 15.1 Å². The second-order valence-electron chi connectivity index (χ2n) is 3.69.